The van der Waals surface area contributed by atoms with Crippen molar-refractivity contribution in [3.8, 4) is 5.75 Å². The Morgan fingerprint density at radius 1 is 1.00 bits per heavy atom. The van der Waals surface area contributed by atoms with Gasteiger partial charge in [0.25, 0.3) is 0 Å². The Labute approximate surface area is 126 Å². The second kappa shape index (κ2) is 6.03. The van der Waals surface area contributed by atoms with Gasteiger partial charge in [-0.1, -0.05) is 26.0 Å². The van der Waals surface area contributed by atoms with Crippen LogP contribution in [0, 0.1) is 5.92 Å². The SMILES string of the molecule is COc1ccc2cc(S(=O)(=O)N[C@H](C)C(C)C)ccc2c1. The topological polar surface area (TPSA) is 55.4 Å². The number of rotatable bonds is 5. The number of nitrogens with one attached hydrogen (secondary N) is 1. The van der Waals surface area contributed by atoms with E-state index in [9.17, 15) is 8.42 Å². The first-order valence-corrected chi connectivity index (χ1v) is 8.42. The van der Waals surface area contributed by atoms with Gasteiger partial charge >= 0.3 is 0 Å². The molecule has 2 aromatic rings. The minimum Gasteiger partial charge on any atom is -0.497 e. The summed E-state index contributed by atoms with van der Waals surface area (Å²) in [4.78, 5) is 0.285. The number of sulfonamides is 1. The maximum absolute atomic E-state index is 12.4. The third-order valence-electron chi connectivity index (χ3n) is 3.67. The minimum atomic E-state index is -3.49. The van der Waals surface area contributed by atoms with E-state index < -0.39 is 10.0 Å². The molecule has 0 spiro atoms. The molecule has 0 radical (unpaired) electrons. The van der Waals surface area contributed by atoms with Crippen LogP contribution in [-0.4, -0.2) is 21.6 Å². The van der Waals surface area contributed by atoms with Crippen molar-refractivity contribution < 1.29 is 13.2 Å². The average Bonchev–Trinajstić information content (AvgIpc) is 2.45. The van der Waals surface area contributed by atoms with Crippen LogP contribution in [0.1, 0.15) is 20.8 Å². The highest BCUT2D eigenvalue weighted by Gasteiger charge is 2.19. The Hall–Kier alpha value is -1.59. The maximum Gasteiger partial charge on any atom is 0.240 e. The van der Waals surface area contributed by atoms with Crippen molar-refractivity contribution in [2.24, 2.45) is 5.92 Å². The molecule has 4 nitrogen and oxygen atoms in total. The second-order valence-electron chi connectivity index (χ2n) is 5.53. The molecule has 114 valence electrons. The Kier molecular flexibility index (Phi) is 4.54. The highest BCUT2D eigenvalue weighted by Crippen LogP contribution is 2.23. The fourth-order valence-electron chi connectivity index (χ4n) is 1.94. The molecule has 21 heavy (non-hydrogen) atoms. The fraction of sp³-hybridized carbons (Fsp3) is 0.375. The normalized spacial score (nSPS) is 13.6. The van der Waals surface area contributed by atoms with Gasteiger partial charge in [0.1, 0.15) is 5.75 Å². The van der Waals surface area contributed by atoms with E-state index in [1.165, 1.54) is 0 Å². The lowest BCUT2D eigenvalue weighted by molar-refractivity contribution is 0.415. The average molecular weight is 307 g/mol. The van der Waals surface area contributed by atoms with Crippen molar-refractivity contribution in [2.75, 3.05) is 7.11 Å². The second-order valence-corrected chi connectivity index (χ2v) is 7.24. The molecule has 0 unspecified atom stereocenters. The van der Waals surface area contributed by atoms with Gasteiger partial charge in [-0.25, -0.2) is 13.1 Å². The summed E-state index contributed by atoms with van der Waals surface area (Å²) >= 11 is 0. The fourth-order valence-corrected chi connectivity index (χ4v) is 3.37. The monoisotopic (exact) mass is 307 g/mol. The van der Waals surface area contributed by atoms with Crippen LogP contribution < -0.4 is 9.46 Å². The van der Waals surface area contributed by atoms with Gasteiger partial charge in [-0.2, -0.15) is 0 Å². The minimum absolute atomic E-state index is 0.110. The van der Waals surface area contributed by atoms with Crippen molar-refractivity contribution in [1.29, 1.82) is 0 Å². The van der Waals surface area contributed by atoms with Gasteiger partial charge in [0.05, 0.1) is 12.0 Å². The summed E-state index contributed by atoms with van der Waals surface area (Å²) in [6.07, 6.45) is 0. The molecule has 0 fully saturated rings. The molecule has 2 aromatic carbocycles. The molecule has 0 saturated carbocycles. The van der Waals surface area contributed by atoms with E-state index in [1.807, 2.05) is 39.0 Å². The van der Waals surface area contributed by atoms with Gasteiger partial charge in [-0.15, -0.1) is 0 Å². The van der Waals surface area contributed by atoms with Gasteiger partial charge in [-0.3, -0.25) is 0 Å². The summed E-state index contributed by atoms with van der Waals surface area (Å²) in [6, 6.07) is 10.6. The van der Waals surface area contributed by atoms with Crippen LogP contribution in [0.5, 0.6) is 5.75 Å². The molecule has 0 heterocycles. The number of hydrogen-bond donors (Lipinski definition) is 1. The van der Waals surface area contributed by atoms with Crippen molar-refractivity contribution in [1.82, 2.24) is 4.72 Å². The smallest absolute Gasteiger partial charge is 0.240 e. The van der Waals surface area contributed by atoms with Crippen LogP contribution in [0.15, 0.2) is 41.3 Å². The highest BCUT2D eigenvalue weighted by atomic mass is 32.2. The van der Waals surface area contributed by atoms with E-state index in [2.05, 4.69) is 4.72 Å². The number of fused-ring (bicyclic) bond motifs is 1. The quantitative estimate of drug-likeness (QED) is 0.923. The molecule has 0 aromatic heterocycles. The number of benzene rings is 2. The Morgan fingerprint density at radius 2 is 1.62 bits per heavy atom. The lowest BCUT2D eigenvalue weighted by Crippen LogP contribution is -2.36. The third-order valence-corrected chi connectivity index (χ3v) is 5.23. The van der Waals surface area contributed by atoms with E-state index in [-0.39, 0.29) is 16.9 Å². The Morgan fingerprint density at radius 3 is 2.24 bits per heavy atom. The molecular formula is C16H21NO3S. The third kappa shape index (κ3) is 3.54. The van der Waals surface area contributed by atoms with Crippen molar-refractivity contribution >= 4 is 20.8 Å². The molecule has 0 aliphatic heterocycles. The summed E-state index contributed by atoms with van der Waals surface area (Å²) in [5.41, 5.74) is 0. The first-order chi connectivity index (χ1) is 9.83. The first-order valence-electron chi connectivity index (χ1n) is 6.93. The summed E-state index contributed by atoms with van der Waals surface area (Å²) in [6.45, 7) is 5.84. The summed E-state index contributed by atoms with van der Waals surface area (Å²) in [5.74, 6) is 0.995. The van der Waals surface area contributed by atoms with Crippen molar-refractivity contribution in [3.63, 3.8) is 0 Å². The first kappa shape index (κ1) is 15.8. The van der Waals surface area contributed by atoms with Crippen molar-refractivity contribution in [2.45, 2.75) is 31.7 Å². The van der Waals surface area contributed by atoms with Crippen LogP contribution in [-0.2, 0) is 10.0 Å². The molecule has 0 bridgehead atoms. The van der Waals surface area contributed by atoms with Crippen LogP contribution in [0.2, 0.25) is 0 Å². The van der Waals surface area contributed by atoms with Crippen LogP contribution >= 0.6 is 0 Å². The summed E-state index contributed by atoms with van der Waals surface area (Å²) in [7, 11) is -1.88. The van der Waals surface area contributed by atoms with Crippen LogP contribution in [0.25, 0.3) is 10.8 Å². The van der Waals surface area contributed by atoms with Crippen LogP contribution in [0.3, 0.4) is 0 Å². The Balaban J connectivity index is 2.38. The van der Waals surface area contributed by atoms with E-state index in [0.29, 0.717) is 0 Å². The highest BCUT2D eigenvalue weighted by molar-refractivity contribution is 7.89. The summed E-state index contributed by atoms with van der Waals surface area (Å²) in [5, 5.41) is 1.82. The summed E-state index contributed by atoms with van der Waals surface area (Å²) < 4.78 is 32.6. The van der Waals surface area contributed by atoms with Gasteiger partial charge in [0, 0.05) is 6.04 Å². The predicted octanol–water partition coefficient (Wildman–Crippen LogP) is 3.17. The largest absolute Gasteiger partial charge is 0.497 e. The zero-order chi connectivity index (χ0) is 15.6. The molecule has 5 heteroatoms. The molecule has 0 aliphatic carbocycles. The zero-order valence-corrected chi connectivity index (χ0v) is 13.6. The van der Waals surface area contributed by atoms with Gasteiger partial charge in [-0.05, 0) is 47.9 Å². The van der Waals surface area contributed by atoms with E-state index in [4.69, 9.17) is 4.74 Å². The Bertz CT molecular complexity index is 738. The number of methoxy groups -OCH3 is 1. The van der Waals surface area contributed by atoms with Crippen LogP contribution in [0.4, 0.5) is 0 Å². The molecule has 1 atom stereocenters. The van der Waals surface area contributed by atoms with E-state index in [0.717, 1.165) is 16.5 Å². The molecular weight excluding hydrogens is 286 g/mol. The van der Waals surface area contributed by atoms with Gasteiger partial charge < -0.3 is 4.74 Å². The van der Waals surface area contributed by atoms with Gasteiger partial charge in [0.2, 0.25) is 10.0 Å². The maximum atomic E-state index is 12.4. The predicted molar refractivity (Wildman–Crippen MR) is 85.1 cm³/mol. The lowest BCUT2D eigenvalue weighted by atomic mass is 10.1. The molecule has 0 amide bonds. The lowest BCUT2D eigenvalue weighted by Gasteiger charge is -2.17. The van der Waals surface area contributed by atoms with E-state index in [1.54, 1.807) is 25.3 Å². The zero-order valence-electron chi connectivity index (χ0n) is 12.8. The number of hydrogen-bond acceptors (Lipinski definition) is 3. The standard InChI is InChI=1S/C16H21NO3S/c1-11(2)12(3)17-21(18,19)16-8-6-13-9-15(20-4)7-5-14(13)10-16/h5-12,17H,1-4H3/t12-/m1/s1. The molecule has 0 aliphatic rings. The van der Waals surface area contributed by atoms with Gasteiger partial charge in [0.15, 0.2) is 0 Å². The molecule has 0 saturated heterocycles. The molecule has 1 N–H and O–H groups in total. The number of ether oxygens (including phenoxy) is 1. The molecule has 2 rings (SSSR count). The van der Waals surface area contributed by atoms with E-state index >= 15 is 0 Å². The van der Waals surface area contributed by atoms with Crippen molar-refractivity contribution in [3.05, 3.63) is 36.4 Å².